The van der Waals surface area contributed by atoms with Crippen LogP contribution in [-0.2, 0) is 12.0 Å². The molecule has 1 aromatic rings. The van der Waals surface area contributed by atoms with Crippen molar-refractivity contribution in [3.05, 3.63) is 35.4 Å². The molecule has 2 rings (SSSR count). The van der Waals surface area contributed by atoms with Crippen molar-refractivity contribution in [1.29, 1.82) is 0 Å². The molecule has 0 aliphatic heterocycles. The third-order valence-electron chi connectivity index (χ3n) is 2.76. The van der Waals surface area contributed by atoms with Gasteiger partial charge in [0.1, 0.15) is 0 Å². The predicted molar refractivity (Wildman–Crippen MR) is 49.7 cm³/mol. The van der Waals surface area contributed by atoms with E-state index in [1.54, 1.807) is 0 Å². The van der Waals surface area contributed by atoms with Gasteiger partial charge in [0.25, 0.3) is 0 Å². The number of rotatable bonds is 1. The summed E-state index contributed by atoms with van der Waals surface area (Å²) >= 11 is 0. The van der Waals surface area contributed by atoms with Crippen LogP contribution in [0, 0.1) is 0 Å². The molecular weight excluding hydrogens is 148 g/mol. The largest absolute Gasteiger partial charge is 0.328 e. The fraction of sp³-hybridized carbons (Fsp3) is 0.400. The van der Waals surface area contributed by atoms with E-state index < -0.39 is 0 Å². The van der Waals surface area contributed by atoms with Crippen LogP contribution < -0.4 is 11.5 Å². The van der Waals surface area contributed by atoms with Crippen LogP contribution in [0.4, 0.5) is 0 Å². The molecule has 0 heterocycles. The highest BCUT2D eigenvalue weighted by Gasteiger charge is 2.32. The first-order valence-corrected chi connectivity index (χ1v) is 4.33. The second-order valence-electron chi connectivity index (χ2n) is 3.52. The Bertz CT molecular complexity index is 296. The highest BCUT2D eigenvalue weighted by atomic mass is 14.8. The SMILES string of the molecule is NC[C@]1(N)CCc2ccccc21. The van der Waals surface area contributed by atoms with Crippen LogP contribution in [0.1, 0.15) is 17.5 Å². The zero-order valence-electron chi connectivity index (χ0n) is 7.09. The molecule has 4 N–H and O–H groups in total. The van der Waals surface area contributed by atoms with Gasteiger partial charge in [0.2, 0.25) is 0 Å². The zero-order valence-corrected chi connectivity index (χ0v) is 7.09. The van der Waals surface area contributed by atoms with Crippen molar-refractivity contribution in [2.45, 2.75) is 18.4 Å². The molecule has 0 amide bonds. The van der Waals surface area contributed by atoms with Crippen molar-refractivity contribution >= 4 is 0 Å². The number of nitrogens with two attached hydrogens (primary N) is 2. The van der Waals surface area contributed by atoms with E-state index in [-0.39, 0.29) is 5.54 Å². The van der Waals surface area contributed by atoms with E-state index in [9.17, 15) is 0 Å². The normalized spacial score (nSPS) is 27.2. The lowest BCUT2D eigenvalue weighted by Crippen LogP contribution is -2.41. The molecule has 1 atom stereocenters. The minimum atomic E-state index is -0.253. The van der Waals surface area contributed by atoms with Gasteiger partial charge in [-0.25, -0.2) is 0 Å². The Morgan fingerprint density at radius 2 is 2.08 bits per heavy atom. The highest BCUT2D eigenvalue weighted by molar-refractivity contribution is 5.38. The molecule has 0 radical (unpaired) electrons. The lowest BCUT2D eigenvalue weighted by molar-refractivity contribution is 0.454. The summed E-state index contributed by atoms with van der Waals surface area (Å²) in [7, 11) is 0. The maximum atomic E-state index is 6.14. The summed E-state index contributed by atoms with van der Waals surface area (Å²) in [6.07, 6.45) is 2.06. The Hall–Kier alpha value is -0.860. The van der Waals surface area contributed by atoms with E-state index >= 15 is 0 Å². The van der Waals surface area contributed by atoms with Crippen LogP contribution in [-0.4, -0.2) is 6.54 Å². The Labute approximate surface area is 72.6 Å². The standard InChI is InChI=1S/C10H14N2/c11-7-10(12)6-5-8-3-1-2-4-9(8)10/h1-4H,5-7,11-12H2/t10-/m1/s1. The third-order valence-corrected chi connectivity index (χ3v) is 2.76. The molecule has 0 fully saturated rings. The number of aryl methyl sites for hydroxylation is 1. The zero-order chi connectivity index (χ0) is 8.60. The average Bonchev–Trinajstić information content (AvgIpc) is 2.46. The van der Waals surface area contributed by atoms with Crippen LogP contribution in [0.5, 0.6) is 0 Å². The molecule has 0 saturated heterocycles. The quantitative estimate of drug-likeness (QED) is 0.640. The van der Waals surface area contributed by atoms with Gasteiger partial charge in [-0.2, -0.15) is 0 Å². The first kappa shape index (κ1) is 7.77. The van der Waals surface area contributed by atoms with E-state index in [1.165, 1.54) is 11.1 Å². The van der Waals surface area contributed by atoms with Crippen molar-refractivity contribution in [3.63, 3.8) is 0 Å². The minimum Gasteiger partial charge on any atom is -0.328 e. The Morgan fingerprint density at radius 1 is 1.33 bits per heavy atom. The topological polar surface area (TPSA) is 52.0 Å². The van der Waals surface area contributed by atoms with Crippen molar-refractivity contribution in [2.24, 2.45) is 11.5 Å². The monoisotopic (exact) mass is 162 g/mol. The summed E-state index contributed by atoms with van der Waals surface area (Å²) in [5.41, 5.74) is 14.2. The number of benzene rings is 1. The number of hydrogen-bond donors (Lipinski definition) is 2. The molecule has 2 nitrogen and oxygen atoms in total. The molecular formula is C10H14N2. The summed E-state index contributed by atoms with van der Waals surface area (Å²) in [6.45, 7) is 0.546. The van der Waals surface area contributed by atoms with Gasteiger partial charge in [0.05, 0.1) is 5.54 Å². The third kappa shape index (κ3) is 0.958. The summed E-state index contributed by atoms with van der Waals surface area (Å²) in [4.78, 5) is 0. The second-order valence-corrected chi connectivity index (χ2v) is 3.52. The van der Waals surface area contributed by atoms with Crippen molar-refractivity contribution in [1.82, 2.24) is 0 Å². The van der Waals surface area contributed by atoms with Crippen LogP contribution in [0.2, 0.25) is 0 Å². The van der Waals surface area contributed by atoms with Gasteiger partial charge < -0.3 is 11.5 Å². The van der Waals surface area contributed by atoms with Crippen molar-refractivity contribution in [3.8, 4) is 0 Å². The van der Waals surface area contributed by atoms with E-state index in [2.05, 4.69) is 18.2 Å². The molecule has 12 heavy (non-hydrogen) atoms. The summed E-state index contributed by atoms with van der Waals surface area (Å²) in [5.74, 6) is 0. The summed E-state index contributed by atoms with van der Waals surface area (Å²) in [6, 6.07) is 8.32. The summed E-state index contributed by atoms with van der Waals surface area (Å²) < 4.78 is 0. The van der Waals surface area contributed by atoms with Gasteiger partial charge in [-0.05, 0) is 24.0 Å². The molecule has 1 aliphatic rings. The van der Waals surface area contributed by atoms with Gasteiger partial charge in [-0.3, -0.25) is 0 Å². The first-order valence-electron chi connectivity index (χ1n) is 4.33. The lowest BCUT2D eigenvalue weighted by atomic mass is 9.93. The maximum absolute atomic E-state index is 6.14. The molecule has 0 bridgehead atoms. The highest BCUT2D eigenvalue weighted by Crippen LogP contribution is 2.33. The predicted octanol–water partition coefficient (Wildman–Crippen LogP) is 0.745. The van der Waals surface area contributed by atoms with Crippen LogP contribution in [0.25, 0.3) is 0 Å². The van der Waals surface area contributed by atoms with Gasteiger partial charge >= 0.3 is 0 Å². The second kappa shape index (κ2) is 2.57. The van der Waals surface area contributed by atoms with Crippen molar-refractivity contribution < 1.29 is 0 Å². The summed E-state index contributed by atoms with van der Waals surface area (Å²) in [5, 5.41) is 0. The number of hydrogen-bond acceptors (Lipinski definition) is 2. The molecule has 1 aliphatic carbocycles. The van der Waals surface area contributed by atoms with Crippen LogP contribution in [0.3, 0.4) is 0 Å². The fourth-order valence-corrected chi connectivity index (χ4v) is 1.93. The fourth-order valence-electron chi connectivity index (χ4n) is 1.93. The van der Waals surface area contributed by atoms with Crippen LogP contribution >= 0.6 is 0 Å². The lowest BCUT2D eigenvalue weighted by Gasteiger charge is -2.22. The van der Waals surface area contributed by atoms with E-state index in [4.69, 9.17) is 11.5 Å². The van der Waals surface area contributed by atoms with E-state index in [0.717, 1.165) is 12.8 Å². The molecule has 0 unspecified atom stereocenters. The molecule has 0 aromatic heterocycles. The molecule has 0 saturated carbocycles. The first-order chi connectivity index (χ1) is 5.76. The van der Waals surface area contributed by atoms with Gasteiger partial charge in [0, 0.05) is 6.54 Å². The Balaban J connectivity index is 2.49. The maximum Gasteiger partial charge on any atom is 0.0539 e. The molecule has 2 heteroatoms. The van der Waals surface area contributed by atoms with Crippen LogP contribution in [0.15, 0.2) is 24.3 Å². The van der Waals surface area contributed by atoms with Gasteiger partial charge in [0.15, 0.2) is 0 Å². The molecule has 64 valence electrons. The number of fused-ring (bicyclic) bond motifs is 1. The smallest absolute Gasteiger partial charge is 0.0539 e. The van der Waals surface area contributed by atoms with E-state index in [0.29, 0.717) is 6.54 Å². The Kier molecular flexibility index (Phi) is 1.67. The Morgan fingerprint density at radius 3 is 2.83 bits per heavy atom. The minimum absolute atomic E-state index is 0.253. The van der Waals surface area contributed by atoms with Crippen molar-refractivity contribution in [2.75, 3.05) is 6.54 Å². The van der Waals surface area contributed by atoms with Gasteiger partial charge in [-0.1, -0.05) is 24.3 Å². The molecule has 1 aromatic carbocycles. The van der Waals surface area contributed by atoms with E-state index in [1.807, 2.05) is 6.07 Å². The van der Waals surface area contributed by atoms with Gasteiger partial charge in [-0.15, -0.1) is 0 Å². The average molecular weight is 162 g/mol. The molecule has 0 spiro atoms.